The fourth-order valence-corrected chi connectivity index (χ4v) is 4.13. The number of nitrogens with zero attached hydrogens (tertiary/aromatic N) is 2. The van der Waals surface area contributed by atoms with Crippen LogP contribution >= 0.6 is 34.4 Å². The molecule has 2 heterocycles. The molecule has 0 bridgehead atoms. The molecule has 1 atom stereocenters. The van der Waals surface area contributed by atoms with Gasteiger partial charge >= 0.3 is 6.03 Å². The average molecular weight is 357 g/mol. The first-order valence-corrected chi connectivity index (χ1v) is 8.99. The molecule has 0 aliphatic carbocycles. The third kappa shape index (κ3) is 5.28. The number of urea groups is 1. The van der Waals surface area contributed by atoms with Crippen molar-refractivity contribution in [2.45, 2.75) is 22.9 Å². The van der Waals surface area contributed by atoms with E-state index in [4.69, 9.17) is 5.73 Å². The van der Waals surface area contributed by atoms with Crippen LogP contribution < -0.4 is 16.4 Å². The van der Waals surface area contributed by atoms with E-state index in [0.717, 1.165) is 13.0 Å². The van der Waals surface area contributed by atoms with Crippen molar-refractivity contribution in [2.75, 3.05) is 11.9 Å². The molecule has 0 aliphatic heterocycles. The van der Waals surface area contributed by atoms with Gasteiger partial charge in [0.15, 0.2) is 4.34 Å². The maximum Gasteiger partial charge on any atom is 0.318 e. The summed E-state index contributed by atoms with van der Waals surface area (Å²) in [5.74, 6) is -0.445. The summed E-state index contributed by atoms with van der Waals surface area (Å²) >= 11 is 4.33. The Hall–Kier alpha value is -1.65. The monoisotopic (exact) mass is 357 g/mol. The number of carbonyl (C=O) groups excluding carboxylic acids is 2. The molecule has 118 valence electrons. The number of aromatic nitrogens is 2. The van der Waals surface area contributed by atoms with Gasteiger partial charge in [0.05, 0.1) is 5.25 Å². The Morgan fingerprint density at radius 2 is 2.27 bits per heavy atom. The van der Waals surface area contributed by atoms with Crippen molar-refractivity contribution in [1.82, 2.24) is 15.5 Å². The molecule has 10 heteroatoms. The highest BCUT2D eigenvalue weighted by Crippen LogP contribution is 2.28. The van der Waals surface area contributed by atoms with Crippen LogP contribution in [0, 0.1) is 0 Å². The molecule has 7 nitrogen and oxygen atoms in total. The van der Waals surface area contributed by atoms with E-state index in [1.807, 2.05) is 16.8 Å². The van der Waals surface area contributed by atoms with Crippen molar-refractivity contribution in [2.24, 2.45) is 5.73 Å². The minimum absolute atomic E-state index is 0.445. The molecule has 0 fully saturated rings. The Morgan fingerprint density at radius 3 is 2.95 bits per heavy atom. The van der Waals surface area contributed by atoms with Gasteiger partial charge in [0, 0.05) is 11.4 Å². The third-order valence-electron chi connectivity index (χ3n) is 2.53. The highest BCUT2D eigenvalue weighted by molar-refractivity contribution is 8.02. The first-order valence-electron chi connectivity index (χ1n) is 6.41. The molecular weight excluding hydrogens is 342 g/mol. The summed E-state index contributed by atoms with van der Waals surface area (Å²) in [6.07, 6.45) is 0.928. The summed E-state index contributed by atoms with van der Waals surface area (Å²) in [5.41, 5.74) is 4.91. The van der Waals surface area contributed by atoms with Gasteiger partial charge in [0.25, 0.3) is 0 Å². The molecule has 0 spiro atoms. The number of nitrogens with two attached hydrogens (primary N) is 1. The molecule has 0 radical (unpaired) electrons. The van der Waals surface area contributed by atoms with Crippen LogP contribution in [0.4, 0.5) is 9.93 Å². The molecule has 0 aromatic carbocycles. The average Bonchev–Trinajstić information content (AvgIpc) is 3.10. The SMILES string of the molecule is C[C@H](Sc1nnc(NCCc2cccs2)s1)C(=O)NC(N)=O. The molecule has 0 saturated carbocycles. The lowest BCUT2D eigenvalue weighted by Crippen LogP contribution is -2.39. The molecule has 2 rings (SSSR count). The van der Waals surface area contributed by atoms with Crippen LogP contribution in [0.15, 0.2) is 21.9 Å². The van der Waals surface area contributed by atoms with Gasteiger partial charge in [-0.25, -0.2) is 4.79 Å². The van der Waals surface area contributed by atoms with Gasteiger partial charge in [-0.05, 0) is 24.8 Å². The van der Waals surface area contributed by atoms with E-state index < -0.39 is 17.2 Å². The highest BCUT2D eigenvalue weighted by atomic mass is 32.2. The fourth-order valence-electron chi connectivity index (χ4n) is 1.50. The number of thiophene rings is 1. The van der Waals surface area contributed by atoms with Crippen LogP contribution in [-0.4, -0.2) is 33.9 Å². The maximum absolute atomic E-state index is 11.6. The number of imide groups is 1. The molecule has 0 aliphatic rings. The fraction of sp³-hybridized carbons (Fsp3) is 0.333. The topological polar surface area (TPSA) is 110 Å². The number of anilines is 1. The van der Waals surface area contributed by atoms with E-state index in [-0.39, 0.29) is 0 Å². The van der Waals surface area contributed by atoms with E-state index in [0.29, 0.717) is 9.47 Å². The second-order valence-corrected chi connectivity index (χ2v) is 7.84. The van der Waals surface area contributed by atoms with Crippen molar-refractivity contribution >= 4 is 51.5 Å². The predicted molar refractivity (Wildman–Crippen MR) is 89.5 cm³/mol. The Kier molecular flexibility index (Phi) is 6.16. The normalized spacial score (nSPS) is 11.9. The number of amides is 3. The van der Waals surface area contributed by atoms with Crippen molar-refractivity contribution in [1.29, 1.82) is 0 Å². The summed E-state index contributed by atoms with van der Waals surface area (Å²) in [6.45, 7) is 2.45. The summed E-state index contributed by atoms with van der Waals surface area (Å²) in [6, 6.07) is 3.26. The molecule has 3 amide bonds. The molecule has 0 saturated heterocycles. The minimum Gasteiger partial charge on any atom is -0.360 e. The summed E-state index contributed by atoms with van der Waals surface area (Å²) in [7, 11) is 0. The van der Waals surface area contributed by atoms with Crippen LogP contribution in [0.2, 0.25) is 0 Å². The van der Waals surface area contributed by atoms with Crippen LogP contribution in [0.5, 0.6) is 0 Å². The Bertz CT molecular complexity index is 629. The second kappa shape index (κ2) is 8.11. The quantitative estimate of drug-likeness (QED) is 0.653. The van der Waals surface area contributed by atoms with Gasteiger partial charge in [-0.15, -0.1) is 21.5 Å². The van der Waals surface area contributed by atoms with Crippen LogP contribution in [0.25, 0.3) is 0 Å². The van der Waals surface area contributed by atoms with E-state index in [9.17, 15) is 9.59 Å². The van der Waals surface area contributed by atoms with Crippen molar-refractivity contribution in [3.8, 4) is 0 Å². The number of rotatable bonds is 7. The predicted octanol–water partition coefficient (Wildman–Crippen LogP) is 1.93. The van der Waals surface area contributed by atoms with Crippen LogP contribution in [0.3, 0.4) is 0 Å². The van der Waals surface area contributed by atoms with Gasteiger partial charge in [0.2, 0.25) is 11.0 Å². The zero-order valence-electron chi connectivity index (χ0n) is 11.7. The Morgan fingerprint density at radius 1 is 1.45 bits per heavy atom. The zero-order valence-corrected chi connectivity index (χ0v) is 14.2. The number of primary amides is 1. The first-order chi connectivity index (χ1) is 10.5. The lowest BCUT2D eigenvalue weighted by molar-refractivity contribution is -0.119. The summed E-state index contributed by atoms with van der Waals surface area (Å²) < 4.78 is 0.658. The lowest BCUT2D eigenvalue weighted by Gasteiger charge is -2.06. The summed E-state index contributed by atoms with van der Waals surface area (Å²) in [5, 5.41) is 15.6. The largest absolute Gasteiger partial charge is 0.360 e. The van der Waals surface area contributed by atoms with E-state index in [1.54, 1.807) is 18.3 Å². The number of thioether (sulfide) groups is 1. The molecule has 0 unspecified atom stereocenters. The Labute approximate surface area is 139 Å². The lowest BCUT2D eigenvalue weighted by atomic mass is 10.3. The number of hydrogen-bond donors (Lipinski definition) is 3. The van der Waals surface area contributed by atoms with Crippen LogP contribution in [-0.2, 0) is 11.2 Å². The highest BCUT2D eigenvalue weighted by Gasteiger charge is 2.18. The molecular formula is C12H15N5O2S3. The maximum atomic E-state index is 11.6. The van der Waals surface area contributed by atoms with Crippen molar-refractivity contribution in [3.05, 3.63) is 22.4 Å². The molecule has 4 N–H and O–H groups in total. The van der Waals surface area contributed by atoms with Gasteiger partial charge in [0.1, 0.15) is 0 Å². The number of nitrogens with one attached hydrogen (secondary N) is 2. The third-order valence-corrected chi connectivity index (χ3v) is 5.53. The van der Waals surface area contributed by atoms with Gasteiger partial charge in [-0.2, -0.15) is 0 Å². The van der Waals surface area contributed by atoms with Gasteiger partial charge in [-0.1, -0.05) is 29.2 Å². The molecule has 2 aromatic rings. The second-order valence-electron chi connectivity index (χ2n) is 4.24. The number of carbonyl (C=O) groups is 2. The smallest absolute Gasteiger partial charge is 0.318 e. The van der Waals surface area contributed by atoms with E-state index in [1.165, 1.54) is 28.0 Å². The van der Waals surface area contributed by atoms with Gasteiger partial charge in [-0.3, -0.25) is 10.1 Å². The molecule has 2 aromatic heterocycles. The minimum atomic E-state index is -0.856. The van der Waals surface area contributed by atoms with Crippen LogP contribution in [0.1, 0.15) is 11.8 Å². The standard InChI is InChI=1S/C12H15N5O2S3/c1-7(9(18)15-10(13)19)21-12-17-16-11(22-12)14-5-4-8-3-2-6-20-8/h2-3,6-7H,4-5H2,1H3,(H,14,16)(H3,13,15,18,19)/t7-/m0/s1. The van der Waals surface area contributed by atoms with Gasteiger partial charge < -0.3 is 11.1 Å². The first kappa shape index (κ1) is 16.7. The zero-order chi connectivity index (χ0) is 15.9. The summed E-state index contributed by atoms with van der Waals surface area (Å²) in [4.78, 5) is 23.5. The van der Waals surface area contributed by atoms with E-state index >= 15 is 0 Å². The molecule has 22 heavy (non-hydrogen) atoms. The Balaban J connectivity index is 1.78. The van der Waals surface area contributed by atoms with E-state index in [2.05, 4.69) is 21.6 Å². The van der Waals surface area contributed by atoms with Crippen molar-refractivity contribution in [3.63, 3.8) is 0 Å². The van der Waals surface area contributed by atoms with Crippen molar-refractivity contribution < 1.29 is 9.59 Å². The number of hydrogen-bond acceptors (Lipinski definition) is 8.